The maximum atomic E-state index is 12.2. The molecule has 6 heteroatoms. The van der Waals surface area contributed by atoms with Gasteiger partial charge in [-0.1, -0.05) is 18.2 Å². The van der Waals surface area contributed by atoms with Crippen molar-refractivity contribution in [3.63, 3.8) is 0 Å². The van der Waals surface area contributed by atoms with E-state index in [2.05, 4.69) is 5.10 Å². The number of ether oxygens (including phenoxy) is 1. The lowest BCUT2D eigenvalue weighted by Crippen LogP contribution is -2.41. The molecule has 0 saturated carbocycles. The van der Waals surface area contributed by atoms with Gasteiger partial charge in [-0.3, -0.25) is 9.69 Å². The second-order valence-electron chi connectivity index (χ2n) is 5.14. The minimum absolute atomic E-state index is 0.0685. The summed E-state index contributed by atoms with van der Waals surface area (Å²) in [6.45, 7) is 3.50. The number of allylic oxidation sites excluding steroid dienone is 2. The molecule has 2 aliphatic heterocycles. The summed E-state index contributed by atoms with van der Waals surface area (Å²) in [5.41, 5.74) is 1.37. The van der Waals surface area contributed by atoms with Crippen LogP contribution in [0.5, 0.6) is 0 Å². The molecule has 23 heavy (non-hydrogen) atoms. The number of carbonyl (C=O) groups is 2. The van der Waals surface area contributed by atoms with E-state index < -0.39 is 5.97 Å². The predicted octanol–water partition coefficient (Wildman–Crippen LogP) is 2.05. The molecule has 0 aromatic heterocycles. The van der Waals surface area contributed by atoms with Gasteiger partial charge >= 0.3 is 5.97 Å². The lowest BCUT2D eigenvalue weighted by atomic mass is 10.1. The first-order chi connectivity index (χ1) is 11.1. The van der Waals surface area contributed by atoms with Crippen LogP contribution in [0.15, 0.2) is 59.4 Å². The molecule has 0 radical (unpaired) electrons. The Bertz CT molecular complexity index is 722. The van der Waals surface area contributed by atoms with Crippen LogP contribution in [0.1, 0.15) is 13.8 Å². The minimum Gasteiger partial charge on any atom is -0.460 e. The van der Waals surface area contributed by atoms with Gasteiger partial charge in [0.1, 0.15) is 6.17 Å². The van der Waals surface area contributed by atoms with Gasteiger partial charge in [-0.05, 0) is 38.1 Å². The summed E-state index contributed by atoms with van der Waals surface area (Å²) in [4.78, 5) is 25.5. The Balaban J connectivity index is 2.00. The maximum Gasteiger partial charge on any atom is 0.376 e. The van der Waals surface area contributed by atoms with E-state index in [1.807, 2.05) is 36.4 Å². The number of hydrogen-bond donors (Lipinski definition) is 0. The summed E-state index contributed by atoms with van der Waals surface area (Å²) in [6, 6.07) is 9.54. The molecule has 2 aliphatic rings. The van der Waals surface area contributed by atoms with Crippen LogP contribution in [0.25, 0.3) is 0 Å². The van der Waals surface area contributed by atoms with Crippen LogP contribution in [-0.4, -0.2) is 35.3 Å². The van der Waals surface area contributed by atoms with E-state index in [4.69, 9.17) is 4.74 Å². The molecule has 0 aliphatic carbocycles. The fraction of sp³-hybridized carbons (Fsp3) is 0.235. The SMILES string of the molecule is CCOC(=O)C1=NN(c2ccccc2)C2C=CC(C(C)=O)=CN12. The number of benzene rings is 1. The Kier molecular flexibility index (Phi) is 3.97. The zero-order chi connectivity index (χ0) is 16.4. The summed E-state index contributed by atoms with van der Waals surface area (Å²) in [7, 11) is 0. The summed E-state index contributed by atoms with van der Waals surface area (Å²) < 4.78 is 5.08. The fourth-order valence-electron chi connectivity index (χ4n) is 2.49. The number of esters is 1. The molecule has 0 N–H and O–H groups in total. The number of anilines is 1. The number of para-hydroxylation sites is 1. The van der Waals surface area contributed by atoms with Crippen molar-refractivity contribution in [2.45, 2.75) is 20.0 Å². The van der Waals surface area contributed by atoms with Gasteiger partial charge in [0.2, 0.25) is 5.84 Å². The van der Waals surface area contributed by atoms with Crippen molar-refractivity contribution in [1.29, 1.82) is 0 Å². The van der Waals surface area contributed by atoms with Crippen molar-refractivity contribution >= 4 is 23.3 Å². The topological polar surface area (TPSA) is 62.2 Å². The monoisotopic (exact) mass is 311 g/mol. The lowest BCUT2D eigenvalue weighted by molar-refractivity contribution is -0.135. The molecule has 1 unspecified atom stereocenters. The normalized spacial score (nSPS) is 19.1. The van der Waals surface area contributed by atoms with E-state index in [0.29, 0.717) is 5.57 Å². The Morgan fingerprint density at radius 2 is 2.00 bits per heavy atom. The third kappa shape index (κ3) is 2.75. The maximum absolute atomic E-state index is 12.2. The largest absolute Gasteiger partial charge is 0.460 e. The summed E-state index contributed by atoms with van der Waals surface area (Å²) in [5, 5.41) is 6.14. The molecule has 6 nitrogen and oxygen atoms in total. The molecule has 118 valence electrons. The highest BCUT2D eigenvalue weighted by Gasteiger charge is 2.38. The predicted molar refractivity (Wildman–Crippen MR) is 86.5 cm³/mol. The van der Waals surface area contributed by atoms with E-state index >= 15 is 0 Å². The van der Waals surface area contributed by atoms with E-state index in [1.165, 1.54) is 6.92 Å². The van der Waals surface area contributed by atoms with Crippen LogP contribution < -0.4 is 5.01 Å². The third-order valence-electron chi connectivity index (χ3n) is 3.59. The van der Waals surface area contributed by atoms with Gasteiger partial charge in [0, 0.05) is 11.8 Å². The molecule has 0 bridgehead atoms. The number of hydrogen-bond acceptors (Lipinski definition) is 6. The third-order valence-corrected chi connectivity index (χ3v) is 3.59. The molecule has 1 aromatic carbocycles. The number of nitrogens with zero attached hydrogens (tertiary/aromatic N) is 3. The molecular formula is C17H17N3O3. The summed E-state index contributed by atoms with van der Waals surface area (Å²) in [5.74, 6) is -0.407. The van der Waals surface area contributed by atoms with Gasteiger partial charge in [-0.25, -0.2) is 9.80 Å². The fourth-order valence-corrected chi connectivity index (χ4v) is 2.49. The average molecular weight is 311 g/mol. The number of amidine groups is 1. The Morgan fingerprint density at radius 1 is 1.26 bits per heavy atom. The van der Waals surface area contributed by atoms with Crippen LogP contribution in [0.3, 0.4) is 0 Å². The van der Waals surface area contributed by atoms with Crippen molar-refractivity contribution in [3.05, 3.63) is 54.3 Å². The first kappa shape index (κ1) is 15.0. The first-order valence-corrected chi connectivity index (χ1v) is 7.41. The van der Waals surface area contributed by atoms with Gasteiger partial charge in [0.05, 0.1) is 12.3 Å². The van der Waals surface area contributed by atoms with Crippen LogP contribution >= 0.6 is 0 Å². The van der Waals surface area contributed by atoms with Crippen molar-refractivity contribution in [2.24, 2.45) is 5.10 Å². The molecule has 0 spiro atoms. The Labute approximate surface area is 134 Å². The van der Waals surface area contributed by atoms with Crippen LogP contribution in [0, 0.1) is 0 Å². The van der Waals surface area contributed by atoms with Crippen LogP contribution in [0.4, 0.5) is 5.69 Å². The van der Waals surface area contributed by atoms with Crippen molar-refractivity contribution in [2.75, 3.05) is 11.6 Å². The second-order valence-corrected chi connectivity index (χ2v) is 5.14. The highest BCUT2D eigenvalue weighted by Crippen LogP contribution is 2.29. The number of ketones is 1. The number of Topliss-reactive ketones (excluding diaryl/α,β-unsaturated/α-hetero) is 1. The first-order valence-electron chi connectivity index (χ1n) is 7.41. The molecule has 1 atom stereocenters. The minimum atomic E-state index is -0.509. The summed E-state index contributed by atoms with van der Waals surface area (Å²) in [6.07, 6.45) is 4.95. The molecule has 0 saturated heterocycles. The quantitative estimate of drug-likeness (QED) is 0.797. The number of hydrazone groups is 1. The van der Waals surface area contributed by atoms with Crippen molar-refractivity contribution in [3.8, 4) is 0 Å². The molecular weight excluding hydrogens is 294 g/mol. The number of rotatable bonds is 4. The standard InChI is InChI=1S/C17H17N3O3/c1-3-23-17(22)16-18-20(14-7-5-4-6-8-14)15-10-9-13(12(2)21)11-19(15)16/h4-11,15H,3H2,1-2H3. The average Bonchev–Trinajstić information content (AvgIpc) is 2.94. The molecule has 0 fully saturated rings. The van der Waals surface area contributed by atoms with Gasteiger partial charge in [0.15, 0.2) is 5.78 Å². The van der Waals surface area contributed by atoms with E-state index in [0.717, 1.165) is 5.69 Å². The second kappa shape index (κ2) is 6.08. The molecule has 3 rings (SSSR count). The van der Waals surface area contributed by atoms with E-state index in [1.54, 1.807) is 29.1 Å². The van der Waals surface area contributed by atoms with Crippen molar-refractivity contribution in [1.82, 2.24) is 4.90 Å². The highest BCUT2D eigenvalue weighted by molar-refractivity contribution is 6.36. The highest BCUT2D eigenvalue weighted by atomic mass is 16.5. The lowest BCUT2D eigenvalue weighted by Gasteiger charge is -2.29. The van der Waals surface area contributed by atoms with E-state index in [9.17, 15) is 9.59 Å². The Hall–Kier alpha value is -2.89. The van der Waals surface area contributed by atoms with Crippen LogP contribution in [-0.2, 0) is 14.3 Å². The van der Waals surface area contributed by atoms with Crippen LogP contribution in [0.2, 0.25) is 0 Å². The van der Waals surface area contributed by atoms with E-state index in [-0.39, 0.29) is 24.4 Å². The van der Waals surface area contributed by atoms with Gasteiger partial charge in [-0.2, -0.15) is 0 Å². The molecule has 0 amide bonds. The van der Waals surface area contributed by atoms with Gasteiger partial charge in [0.25, 0.3) is 0 Å². The zero-order valence-corrected chi connectivity index (χ0v) is 13.0. The summed E-state index contributed by atoms with van der Waals surface area (Å²) >= 11 is 0. The smallest absolute Gasteiger partial charge is 0.376 e. The number of fused-ring (bicyclic) bond motifs is 1. The zero-order valence-electron chi connectivity index (χ0n) is 13.0. The Morgan fingerprint density at radius 3 is 2.65 bits per heavy atom. The van der Waals surface area contributed by atoms with Gasteiger partial charge < -0.3 is 4.74 Å². The van der Waals surface area contributed by atoms with Crippen molar-refractivity contribution < 1.29 is 14.3 Å². The molecule has 2 heterocycles. The van der Waals surface area contributed by atoms with Gasteiger partial charge in [-0.15, -0.1) is 5.10 Å². The molecule has 1 aromatic rings. The number of carbonyl (C=O) groups excluding carboxylic acids is 2.